The lowest BCUT2D eigenvalue weighted by atomic mass is 10.2. The minimum absolute atomic E-state index is 0.0278. The van der Waals surface area contributed by atoms with Crippen LogP contribution < -0.4 is 5.73 Å². The van der Waals surface area contributed by atoms with E-state index in [1.165, 1.54) is 12.4 Å². The van der Waals surface area contributed by atoms with Gasteiger partial charge in [0, 0.05) is 0 Å². The number of H-pyrrole nitrogens is 1. The normalized spacial score (nSPS) is 10.5. The van der Waals surface area contributed by atoms with E-state index in [0.29, 0.717) is 5.56 Å². The van der Waals surface area contributed by atoms with Gasteiger partial charge in [-0.25, -0.2) is 4.98 Å². The lowest BCUT2D eigenvalue weighted by Gasteiger charge is -1.99. The summed E-state index contributed by atoms with van der Waals surface area (Å²) < 4.78 is 29.9. The highest BCUT2D eigenvalue weighted by Gasteiger charge is 2.10. The number of rotatable bonds is 2. The largest absolute Gasteiger partial charge is 0.492 e. The molecular formula is C11H13N3O5S. The number of aromatic nitrogens is 2. The molecule has 1 amide bonds. The zero-order valence-corrected chi connectivity index (χ0v) is 11.3. The van der Waals surface area contributed by atoms with E-state index in [1.807, 2.05) is 0 Å². The van der Waals surface area contributed by atoms with Gasteiger partial charge in [-0.2, -0.15) is 8.42 Å². The number of primary amides is 1. The molecule has 8 nitrogen and oxygen atoms in total. The third-order valence-corrected chi connectivity index (χ3v) is 3.25. The summed E-state index contributed by atoms with van der Waals surface area (Å²) in [5.41, 5.74) is 5.28. The van der Waals surface area contributed by atoms with E-state index in [9.17, 15) is 13.2 Å². The summed E-state index contributed by atoms with van der Waals surface area (Å²) in [6, 6.07) is 6.27. The van der Waals surface area contributed by atoms with Crippen molar-refractivity contribution in [2.75, 3.05) is 0 Å². The zero-order chi connectivity index (χ0) is 15.3. The molecule has 0 saturated carbocycles. The standard InChI is InChI=1S/C7H8O3S.C4H5N3O2/c1-6-4-2-3-5-7(6)11(8,9)10;5-3(8)2-4(9)7-1-6-2/h2-5H,1H3,(H,8,9,10);1,9H,(H2,5,8)(H,6,7). The number of hydrogen-bond donors (Lipinski definition) is 4. The Morgan fingerprint density at radius 3 is 2.25 bits per heavy atom. The van der Waals surface area contributed by atoms with Gasteiger partial charge in [0.1, 0.15) is 0 Å². The lowest BCUT2D eigenvalue weighted by molar-refractivity contribution is 0.0993. The zero-order valence-electron chi connectivity index (χ0n) is 10.4. The number of benzene rings is 1. The van der Waals surface area contributed by atoms with Gasteiger partial charge in [-0.1, -0.05) is 18.2 Å². The minimum atomic E-state index is -4.03. The Morgan fingerprint density at radius 2 is 1.95 bits per heavy atom. The van der Waals surface area contributed by atoms with Crippen LogP contribution in [0, 0.1) is 6.92 Å². The van der Waals surface area contributed by atoms with Gasteiger partial charge in [0.05, 0.1) is 11.2 Å². The van der Waals surface area contributed by atoms with Crippen LogP contribution in [0.15, 0.2) is 35.5 Å². The second-order valence-electron chi connectivity index (χ2n) is 3.71. The Hall–Kier alpha value is -2.39. The van der Waals surface area contributed by atoms with Crippen LogP contribution >= 0.6 is 0 Å². The van der Waals surface area contributed by atoms with Gasteiger partial charge in [-0.3, -0.25) is 9.35 Å². The van der Waals surface area contributed by atoms with E-state index >= 15 is 0 Å². The Morgan fingerprint density at radius 1 is 1.35 bits per heavy atom. The molecule has 0 atom stereocenters. The summed E-state index contributed by atoms with van der Waals surface area (Å²) in [6.45, 7) is 1.63. The van der Waals surface area contributed by atoms with Crippen molar-refractivity contribution in [3.63, 3.8) is 0 Å². The van der Waals surface area contributed by atoms with Crippen molar-refractivity contribution in [3.05, 3.63) is 41.9 Å². The number of amides is 1. The molecule has 5 N–H and O–H groups in total. The molecule has 1 aromatic heterocycles. The van der Waals surface area contributed by atoms with Crippen molar-refractivity contribution in [1.82, 2.24) is 9.97 Å². The first-order valence-corrected chi connectivity index (χ1v) is 6.72. The quantitative estimate of drug-likeness (QED) is 0.592. The Bertz CT molecular complexity index is 708. The number of carbonyl (C=O) groups is 1. The molecule has 0 aliphatic heterocycles. The highest BCUT2D eigenvalue weighted by atomic mass is 32.2. The van der Waals surface area contributed by atoms with Gasteiger partial charge in [-0.15, -0.1) is 0 Å². The minimum Gasteiger partial charge on any atom is -0.492 e. The number of nitrogens with two attached hydrogens (primary N) is 1. The van der Waals surface area contributed by atoms with E-state index in [0.717, 1.165) is 0 Å². The number of aromatic hydroxyl groups is 1. The van der Waals surface area contributed by atoms with Crippen molar-refractivity contribution in [2.24, 2.45) is 5.73 Å². The second-order valence-corrected chi connectivity index (χ2v) is 5.10. The van der Waals surface area contributed by atoms with Crippen LogP contribution in [-0.4, -0.2) is 34.0 Å². The van der Waals surface area contributed by atoms with Crippen LogP contribution in [0.25, 0.3) is 0 Å². The van der Waals surface area contributed by atoms with Crippen LogP contribution in [0.4, 0.5) is 0 Å². The summed E-state index contributed by atoms with van der Waals surface area (Å²) in [5.74, 6) is -1.08. The maximum atomic E-state index is 10.6. The number of imidazole rings is 1. The van der Waals surface area contributed by atoms with Crippen LogP contribution in [0.3, 0.4) is 0 Å². The molecule has 1 aromatic carbocycles. The van der Waals surface area contributed by atoms with Gasteiger partial charge in [-0.05, 0) is 18.6 Å². The van der Waals surface area contributed by atoms with E-state index in [4.69, 9.17) is 15.4 Å². The summed E-state index contributed by atoms with van der Waals surface area (Å²) in [6.07, 6.45) is 1.19. The molecule has 9 heteroatoms. The lowest BCUT2D eigenvalue weighted by Crippen LogP contribution is -2.11. The topological polar surface area (TPSA) is 146 Å². The third kappa shape index (κ3) is 4.07. The molecular weight excluding hydrogens is 286 g/mol. The van der Waals surface area contributed by atoms with E-state index < -0.39 is 16.0 Å². The summed E-state index contributed by atoms with van der Waals surface area (Å²) in [4.78, 5) is 16.0. The molecule has 2 aromatic rings. The van der Waals surface area contributed by atoms with Gasteiger partial charge < -0.3 is 15.8 Å². The average molecular weight is 299 g/mol. The third-order valence-electron chi connectivity index (χ3n) is 2.24. The number of aryl methyl sites for hydroxylation is 1. The molecule has 0 bridgehead atoms. The smallest absolute Gasteiger partial charge is 0.294 e. The summed E-state index contributed by atoms with van der Waals surface area (Å²) in [5, 5.41) is 8.68. The molecule has 0 unspecified atom stereocenters. The number of aromatic amines is 1. The molecule has 2 rings (SSSR count). The molecule has 108 valence electrons. The maximum absolute atomic E-state index is 10.6. The van der Waals surface area contributed by atoms with Crippen molar-refractivity contribution in [2.45, 2.75) is 11.8 Å². The monoisotopic (exact) mass is 299 g/mol. The maximum Gasteiger partial charge on any atom is 0.294 e. The molecule has 0 radical (unpaired) electrons. The first kappa shape index (κ1) is 15.7. The molecule has 0 fully saturated rings. The van der Waals surface area contributed by atoms with Gasteiger partial charge in [0.2, 0.25) is 5.88 Å². The number of nitrogens with zero attached hydrogens (tertiary/aromatic N) is 1. The van der Waals surface area contributed by atoms with Crippen molar-refractivity contribution in [3.8, 4) is 5.88 Å². The molecule has 0 saturated heterocycles. The number of nitrogens with one attached hydrogen (secondary N) is 1. The van der Waals surface area contributed by atoms with Gasteiger partial charge in [0.25, 0.3) is 16.0 Å². The Kier molecular flexibility index (Phi) is 4.83. The van der Waals surface area contributed by atoms with Crippen LogP contribution in [0.5, 0.6) is 5.88 Å². The Labute approximate surface area is 115 Å². The SMILES string of the molecule is Cc1ccccc1S(=O)(=O)O.NC(=O)c1[nH]cnc1O. The fourth-order valence-electron chi connectivity index (χ4n) is 1.31. The molecule has 0 spiro atoms. The Balaban J connectivity index is 0.000000204. The predicted molar refractivity (Wildman–Crippen MR) is 69.8 cm³/mol. The molecule has 20 heavy (non-hydrogen) atoms. The van der Waals surface area contributed by atoms with Crippen molar-refractivity contribution in [1.29, 1.82) is 0 Å². The van der Waals surface area contributed by atoms with Crippen LogP contribution in [-0.2, 0) is 10.1 Å². The highest BCUT2D eigenvalue weighted by Crippen LogP contribution is 2.12. The second kappa shape index (κ2) is 6.17. The summed E-state index contributed by atoms with van der Waals surface area (Å²) in [7, 11) is -4.03. The van der Waals surface area contributed by atoms with E-state index in [1.54, 1.807) is 25.1 Å². The fraction of sp³-hybridized carbons (Fsp3) is 0.0909. The van der Waals surface area contributed by atoms with Gasteiger partial charge >= 0.3 is 0 Å². The predicted octanol–water partition coefficient (Wildman–Crippen LogP) is 0.456. The average Bonchev–Trinajstić information content (AvgIpc) is 2.75. The molecule has 0 aliphatic rings. The van der Waals surface area contributed by atoms with E-state index in [-0.39, 0.29) is 16.5 Å². The van der Waals surface area contributed by atoms with Crippen LogP contribution in [0.1, 0.15) is 16.1 Å². The molecule has 0 aliphatic carbocycles. The van der Waals surface area contributed by atoms with Crippen molar-refractivity contribution >= 4 is 16.0 Å². The van der Waals surface area contributed by atoms with Crippen LogP contribution in [0.2, 0.25) is 0 Å². The number of carbonyl (C=O) groups excluding carboxylic acids is 1. The first-order chi connectivity index (χ1) is 9.23. The highest BCUT2D eigenvalue weighted by molar-refractivity contribution is 7.85. The first-order valence-electron chi connectivity index (χ1n) is 5.28. The number of hydrogen-bond acceptors (Lipinski definition) is 5. The molecule has 1 heterocycles. The van der Waals surface area contributed by atoms with Crippen molar-refractivity contribution < 1.29 is 22.9 Å². The summed E-state index contributed by atoms with van der Waals surface area (Å²) >= 11 is 0. The fourth-order valence-corrected chi connectivity index (χ4v) is 2.04. The van der Waals surface area contributed by atoms with Gasteiger partial charge in [0.15, 0.2) is 5.69 Å². The van der Waals surface area contributed by atoms with E-state index in [2.05, 4.69) is 9.97 Å².